The molecular formula is C34H28N2O5S. The van der Waals surface area contributed by atoms with Crippen molar-refractivity contribution in [2.24, 2.45) is 0 Å². The highest BCUT2D eigenvalue weighted by Crippen LogP contribution is 2.45. The SMILES string of the molecule is CCOc1ccc2nc(N3C(=O)C(=O)/C(=C(/O)c4cc(C)ccc4C)C3c3cccc(Oc4ccccc4)c3)sc2c1. The average molecular weight is 577 g/mol. The maximum atomic E-state index is 13.8. The Morgan fingerprint density at radius 3 is 2.48 bits per heavy atom. The predicted molar refractivity (Wildman–Crippen MR) is 164 cm³/mol. The van der Waals surface area contributed by atoms with E-state index in [0.717, 1.165) is 15.8 Å². The Kier molecular flexibility index (Phi) is 7.22. The number of thiazole rings is 1. The number of aliphatic hydroxyl groups excluding tert-OH is 1. The second-order valence-corrected chi connectivity index (χ2v) is 11.0. The number of fused-ring (bicyclic) bond motifs is 1. The van der Waals surface area contributed by atoms with E-state index in [9.17, 15) is 14.7 Å². The van der Waals surface area contributed by atoms with Gasteiger partial charge in [-0.25, -0.2) is 4.98 Å². The highest BCUT2D eigenvalue weighted by atomic mass is 32.1. The molecule has 210 valence electrons. The van der Waals surface area contributed by atoms with Gasteiger partial charge in [0.15, 0.2) is 5.13 Å². The van der Waals surface area contributed by atoms with Gasteiger partial charge >= 0.3 is 5.91 Å². The molecule has 0 saturated carbocycles. The van der Waals surface area contributed by atoms with Crippen LogP contribution in [0.15, 0.2) is 96.6 Å². The van der Waals surface area contributed by atoms with E-state index in [2.05, 4.69) is 0 Å². The molecule has 0 radical (unpaired) electrons. The van der Waals surface area contributed by atoms with Crippen LogP contribution in [0.4, 0.5) is 5.13 Å². The van der Waals surface area contributed by atoms with Crippen LogP contribution in [0, 0.1) is 13.8 Å². The summed E-state index contributed by atoms with van der Waals surface area (Å²) in [7, 11) is 0. The molecule has 1 N–H and O–H groups in total. The molecule has 1 aromatic heterocycles. The minimum Gasteiger partial charge on any atom is -0.507 e. The molecule has 1 unspecified atom stereocenters. The zero-order valence-electron chi connectivity index (χ0n) is 23.3. The molecule has 1 aliphatic heterocycles. The van der Waals surface area contributed by atoms with Crippen molar-refractivity contribution < 1.29 is 24.2 Å². The number of amides is 1. The third-order valence-electron chi connectivity index (χ3n) is 7.11. The molecule has 2 heterocycles. The number of carbonyl (C=O) groups excluding carboxylic acids is 2. The van der Waals surface area contributed by atoms with Crippen molar-refractivity contribution in [1.82, 2.24) is 4.98 Å². The largest absolute Gasteiger partial charge is 0.507 e. The van der Waals surface area contributed by atoms with Crippen molar-refractivity contribution in [3.05, 3.63) is 119 Å². The lowest BCUT2D eigenvalue weighted by molar-refractivity contribution is -0.132. The van der Waals surface area contributed by atoms with Gasteiger partial charge in [-0.15, -0.1) is 0 Å². The molecule has 7 nitrogen and oxygen atoms in total. The van der Waals surface area contributed by atoms with E-state index in [1.807, 2.05) is 93.6 Å². The predicted octanol–water partition coefficient (Wildman–Crippen LogP) is 7.73. The summed E-state index contributed by atoms with van der Waals surface area (Å²) in [6.07, 6.45) is 0. The van der Waals surface area contributed by atoms with Crippen LogP contribution in [0.25, 0.3) is 16.0 Å². The van der Waals surface area contributed by atoms with Gasteiger partial charge in [-0.2, -0.15) is 0 Å². The molecule has 0 bridgehead atoms. The van der Waals surface area contributed by atoms with Crippen molar-refractivity contribution >= 4 is 44.1 Å². The molecule has 1 fully saturated rings. The molecule has 6 rings (SSSR count). The molecule has 1 amide bonds. The number of hydrogen-bond donors (Lipinski definition) is 1. The van der Waals surface area contributed by atoms with Crippen LogP contribution in [-0.4, -0.2) is 28.4 Å². The van der Waals surface area contributed by atoms with Crippen molar-refractivity contribution in [3.8, 4) is 17.2 Å². The monoisotopic (exact) mass is 576 g/mol. The Hall–Kier alpha value is -4.95. The van der Waals surface area contributed by atoms with Crippen LogP contribution in [0.3, 0.4) is 0 Å². The van der Waals surface area contributed by atoms with E-state index in [4.69, 9.17) is 14.5 Å². The Labute approximate surface area is 247 Å². The highest BCUT2D eigenvalue weighted by molar-refractivity contribution is 7.22. The molecule has 1 atom stereocenters. The topological polar surface area (TPSA) is 89.0 Å². The summed E-state index contributed by atoms with van der Waals surface area (Å²) in [6, 6.07) is 26.8. The molecular weight excluding hydrogens is 548 g/mol. The first-order chi connectivity index (χ1) is 20.3. The normalized spacial score (nSPS) is 16.3. The van der Waals surface area contributed by atoms with Gasteiger partial charge in [-0.05, 0) is 80.4 Å². The number of aryl methyl sites for hydroxylation is 2. The number of rotatable bonds is 7. The zero-order valence-corrected chi connectivity index (χ0v) is 24.1. The van der Waals surface area contributed by atoms with Crippen LogP contribution in [0.1, 0.15) is 35.2 Å². The summed E-state index contributed by atoms with van der Waals surface area (Å²) < 4.78 is 12.5. The van der Waals surface area contributed by atoms with Crippen molar-refractivity contribution in [2.75, 3.05) is 11.5 Å². The lowest BCUT2D eigenvalue weighted by Gasteiger charge is -2.23. The molecule has 42 heavy (non-hydrogen) atoms. The quantitative estimate of drug-likeness (QED) is 0.121. The molecule has 0 aliphatic carbocycles. The maximum Gasteiger partial charge on any atom is 0.301 e. The van der Waals surface area contributed by atoms with Crippen LogP contribution in [0.5, 0.6) is 17.2 Å². The number of nitrogens with zero attached hydrogens (tertiary/aromatic N) is 2. The summed E-state index contributed by atoms with van der Waals surface area (Å²) >= 11 is 1.29. The van der Waals surface area contributed by atoms with Gasteiger partial charge in [0, 0.05) is 5.56 Å². The standard InChI is InChI=1S/C34H28N2O5S/c1-4-40-24-15-16-27-28(19-24)42-34(35-27)36-30(22-9-8-12-25(18-22)41-23-10-6-5-7-11-23)29(32(38)33(36)39)31(37)26-17-20(2)13-14-21(26)3/h5-19,30,37H,4H2,1-3H3/b31-29+. The number of para-hydroxylation sites is 1. The number of Topliss-reactive ketones (excluding diaryl/α,β-unsaturated/α-hetero) is 1. The molecule has 0 spiro atoms. The molecule has 1 saturated heterocycles. The van der Waals surface area contributed by atoms with Crippen molar-refractivity contribution in [1.29, 1.82) is 0 Å². The number of ketones is 1. The Morgan fingerprint density at radius 1 is 0.905 bits per heavy atom. The van der Waals surface area contributed by atoms with Gasteiger partial charge in [-0.1, -0.05) is 59.4 Å². The number of ether oxygens (including phenoxy) is 2. The van der Waals surface area contributed by atoms with Gasteiger partial charge < -0.3 is 14.6 Å². The van der Waals surface area contributed by atoms with E-state index in [-0.39, 0.29) is 11.3 Å². The number of hydrogen-bond acceptors (Lipinski definition) is 7. The molecule has 4 aromatic carbocycles. The fraction of sp³-hybridized carbons (Fsp3) is 0.147. The summed E-state index contributed by atoms with van der Waals surface area (Å²) in [6.45, 7) is 6.20. The Balaban J connectivity index is 1.53. The molecule has 1 aliphatic rings. The third kappa shape index (κ3) is 5.01. The first-order valence-corrected chi connectivity index (χ1v) is 14.4. The van der Waals surface area contributed by atoms with E-state index in [0.29, 0.717) is 45.6 Å². The van der Waals surface area contributed by atoms with Crippen LogP contribution >= 0.6 is 11.3 Å². The highest BCUT2D eigenvalue weighted by Gasteiger charge is 2.48. The molecule has 8 heteroatoms. The average Bonchev–Trinajstić information content (AvgIpc) is 3.52. The number of benzene rings is 4. The van der Waals surface area contributed by atoms with Crippen LogP contribution in [0.2, 0.25) is 0 Å². The van der Waals surface area contributed by atoms with Gasteiger partial charge in [0.1, 0.15) is 23.0 Å². The summed E-state index contributed by atoms with van der Waals surface area (Å²) in [4.78, 5) is 33.6. The minimum atomic E-state index is -0.934. The van der Waals surface area contributed by atoms with Crippen molar-refractivity contribution in [2.45, 2.75) is 26.8 Å². The molecule has 5 aromatic rings. The lowest BCUT2D eigenvalue weighted by Crippen LogP contribution is -2.29. The lowest BCUT2D eigenvalue weighted by atomic mass is 9.93. The summed E-state index contributed by atoms with van der Waals surface area (Å²) in [5.74, 6) is 0.111. The maximum absolute atomic E-state index is 13.8. The number of carbonyl (C=O) groups is 2. The second kappa shape index (κ2) is 11.1. The van der Waals surface area contributed by atoms with Gasteiger partial charge in [-0.3, -0.25) is 14.5 Å². The Morgan fingerprint density at radius 2 is 1.69 bits per heavy atom. The van der Waals surface area contributed by atoms with Crippen LogP contribution < -0.4 is 14.4 Å². The van der Waals surface area contributed by atoms with Gasteiger partial charge in [0.25, 0.3) is 5.78 Å². The van der Waals surface area contributed by atoms with E-state index < -0.39 is 17.7 Å². The van der Waals surface area contributed by atoms with Gasteiger partial charge in [0.2, 0.25) is 0 Å². The zero-order chi connectivity index (χ0) is 29.4. The van der Waals surface area contributed by atoms with Crippen molar-refractivity contribution in [3.63, 3.8) is 0 Å². The Bertz CT molecular complexity index is 1860. The fourth-order valence-electron chi connectivity index (χ4n) is 5.11. The van der Waals surface area contributed by atoms with Gasteiger partial charge in [0.05, 0.1) is 28.4 Å². The smallest absolute Gasteiger partial charge is 0.301 e. The number of anilines is 1. The first-order valence-electron chi connectivity index (χ1n) is 13.6. The fourth-order valence-corrected chi connectivity index (χ4v) is 6.13. The van der Waals surface area contributed by atoms with E-state index in [1.165, 1.54) is 16.2 Å². The minimum absolute atomic E-state index is 0.000164. The van der Waals surface area contributed by atoms with Crippen LogP contribution in [-0.2, 0) is 9.59 Å². The third-order valence-corrected chi connectivity index (χ3v) is 8.13. The second-order valence-electron chi connectivity index (χ2n) is 10.0. The first kappa shape index (κ1) is 27.2. The van der Waals surface area contributed by atoms with E-state index in [1.54, 1.807) is 18.2 Å². The summed E-state index contributed by atoms with van der Waals surface area (Å²) in [5, 5.41) is 12.0. The van der Waals surface area contributed by atoms with E-state index >= 15 is 0 Å². The number of aliphatic hydroxyl groups is 1. The number of aromatic nitrogens is 1. The summed E-state index contributed by atoms with van der Waals surface area (Å²) in [5.41, 5.74) is 3.48.